The molecule has 0 radical (unpaired) electrons. The summed E-state index contributed by atoms with van der Waals surface area (Å²) in [5.41, 5.74) is 4.09. The van der Waals surface area contributed by atoms with E-state index in [0.717, 1.165) is 26.2 Å². The highest BCUT2D eigenvalue weighted by atomic mass is 15.8. The molecule has 3 fully saturated rings. The third-order valence-corrected chi connectivity index (χ3v) is 3.86. The summed E-state index contributed by atoms with van der Waals surface area (Å²) in [5, 5.41) is 6.49. The molecule has 92 valence electrons. The molecule has 0 unspecified atom stereocenters. The smallest absolute Gasteiger partial charge is 0.0286 e. The van der Waals surface area contributed by atoms with Crippen molar-refractivity contribution in [2.24, 2.45) is 11.3 Å². The molecule has 0 aromatic heterocycles. The number of likely N-dealkylation sites (tertiary alicyclic amines) is 1. The van der Waals surface area contributed by atoms with Gasteiger partial charge in [0.15, 0.2) is 0 Å². The Hall–Kier alpha value is -0.240. The van der Waals surface area contributed by atoms with Crippen molar-refractivity contribution in [1.29, 1.82) is 0 Å². The van der Waals surface area contributed by atoms with Crippen molar-refractivity contribution in [3.05, 3.63) is 0 Å². The van der Waals surface area contributed by atoms with Crippen molar-refractivity contribution in [2.75, 3.05) is 59.4 Å². The van der Waals surface area contributed by atoms with Gasteiger partial charge in [0, 0.05) is 57.8 Å². The van der Waals surface area contributed by atoms with Gasteiger partial charge in [-0.1, -0.05) is 0 Å². The van der Waals surface area contributed by atoms with E-state index in [-0.39, 0.29) is 0 Å². The average Bonchev–Trinajstić information content (AvgIpc) is 2.16. The second kappa shape index (κ2) is 3.90. The number of nitrogens with two attached hydrogens (primary N) is 1. The van der Waals surface area contributed by atoms with Crippen LogP contribution < -0.4 is 11.4 Å². The summed E-state index contributed by atoms with van der Waals surface area (Å²) in [6, 6.07) is 0. The predicted octanol–water partition coefficient (Wildman–Crippen LogP) is -1.86. The first-order valence-corrected chi connectivity index (χ1v) is 6.10. The standard InChI is InChI=1S/C10H22N6/c1-13-6-10(7-13)8-16(9-10)12-15-4-2-14(11)3-5-15/h12H,2-9,11H2,1H3. The molecule has 0 aliphatic carbocycles. The number of piperazine rings is 1. The highest BCUT2D eigenvalue weighted by Crippen LogP contribution is 2.37. The van der Waals surface area contributed by atoms with Crippen LogP contribution in [0.25, 0.3) is 0 Å². The molecule has 3 aliphatic rings. The van der Waals surface area contributed by atoms with Crippen molar-refractivity contribution in [1.82, 2.24) is 25.5 Å². The zero-order valence-electron chi connectivity index (χ0n) is 10.0. The Kier molecular flexibility index (Phi) is 2.66. The van der Waals surface area contributed by atoms with Gasteiger partial charge in [-0.2, -0.15) is 5.53 Å². The summed E-state index contributed by atoms with van der Waals surface area (Å²) < 4.78 is 0. The zero-order chi connectivity index (χ0) is 11.2. The molecule has 0 amide bonds. The van der Waals surface area contributed by atoms with Crippen LogP contribution in [0.3, 0.4) is 0 Å². The fourth-order valence-electron chi connectivity index (χ4n) is 3.15. The van der Waals surface area contributed by atoms with E-state index >= 15 is 0 Å². The fourth-order valence-corrected chi connectivity index (χ4v) is 3.15. The molecule has 6 nitrogen and oxygen atoms in total. The minimum Gasteiger partial charge on any atom is -0.305 e. The third kappa shape index (κ3) is 1.97. The Morgan fingerprint density at radius 3 is 2.12 bits per heavy atom. The van der Waals surface area contributed by atoms with Crippen LogP contribution >= 0.6 is 0 Å². The van der Waals surface area contributed by atoms with Gasteiger partial charge in [0.2, 0.25) is 0 Å². The van der Waals surface area contributed by atoms with Gasteiger partial charge in [0.05, 0.1) is 0 Å². The highest BCUT2D eigenvalue weighted by molar-refractivity contribution is 5.03. The van der Waals surface area contributed by atoms with Gasteiger partial charge in [0.25, 0.3) is 0 Å². The van der Waals surface area contributed by atoms with Crippen molar-refractivity contribution in [3.8, 4) is 0 Å². The van der Waals surface area contributed by atoms with E-state index < -0.39 is 0 Å². The Morgan fingerprint density at radius 2 is 1.56 bits per heavy atom. The lowest BCUT2D eigenvalue weighted by Gasteiger charge is -2.60. The Bertz CT molecular complexity index is 248. The molecule has 3 N–H and O–H groups in total. The SMILES string of the molecule is CN1CC2(C1)CN(NN1CCN(N)CC1)C2. The number of nitrogens with zero attached hydrogens (tertiary/aromatic N) is 4. The van der Waals surface area contributed by atoms with Crippen LogP contribution in [0.2, 0.25) is 0 Å². The lowest BCUT2D eigenvalue weighted by Crippen LogP contribution is -2.75. The van der Waals surface area contributed by atoms with Crippen LogP contribution in [-0.2, 0) is 0 Å². The largest absolute Gasteiger partial charge is 0.305 e. The lowest BCUT2D eigenvalue weighted by atomic mass is 9.74. The topological polar surface area (TPSA) is 51.0 Å². The number of rotatable bonds is 2. The number of hydrogen-bond acceptors (Lipinski definition) is 6. The maximum absolute atomic E-state index is 5.72. The second-order valence-corrected chi connectivity index (χ2v) is 5.65. The molecule has 3 saturated heterocycles. The number of nitrogens with one attached hydrogen (secondary N) is 1. The molecule has 0 aromatic carbocycles. The maximum Gasteiger partial charge on any atom is 0.0286 e. The fraction of sp³-hybridized carbons (Fsp3) is 1.00. The summed E-state index contributed by atoms with van der Waals surface area (Å²) in [5.74, 6) is 5.72. The van der Waals surface area contributed by atoms with Crippen molar-refractivity contribution in [2.45, 2.75) is 0 Å². The monoisotopic (exact) mass is 226 g/mol. The van der Waals surface area contributed by atoms with Crippen LogP contribution in [0.1, 0.15) is 0 Å². The summed E-state index contributed by atoms with van der Waals surface area (Å²) in [6.45, 7) is 8.85. The van der Waals surface area contributed by atoms with Crippen LogP contribution in [0, 0.1) is 5.41 Å². The Balaban J connectivity index is 1.38. The van der Waals surface area contributed by atoms with E-state index in [1.165, 1.54) is 26.2 Å². The van der Waals surface area contributed by atoms with E-state index in [1.54, 1.807) is 0 Å². The quantitative estimate of drug-likeness (QED) is 0.539. The molecule has 3 aliphatic heterocycles. The van der Waals surface area contributed by atoms with Gasteiger partial charge in [-0.05, 0) is 7.05 Å². The summed E-state index contributed by atoms with van der Waals surface area (Å²) in [6.07, 6.45) is 0. The van der Waals surface area contributed by atoms with Crippen LogP contribution in [0.4, 0.5) is 0 Å². The summed E-state index contributed by atoms with van der Waals surface area (Å²) in [7, 11) is 2.20. The van der Waals surface area contributed by atoms with Gasteiger partial charge in [-0.25, -0.2) is 15.0 Å². The first-order valence-electron chi connectivity index (χ1n) is 6.10. The van der Waals surface area contributed by atoms with Crippen molar-refractivity contribution in [3.63, 3.8) is 0 Å². The molecule has 0 saturated carbocycles. The van der Waals surface area contributed by atoms with Gasteiger partial charge in [-0.15, -0.1) is 0 Å². The predicted molar refractivity (Wildman–Crippen MR) is 62.0 cm³/mol. The molecule has 0 bridgehead atoms. The molecule has 6 heteroatoms. The number of hydrogen-bond donors (Lipinski definition) is 2. The molecule has 16 heavy (non-hydrogen) atoms. The highest BCUT2D eigenvalue weighted by Gasteiger charge is 2.50. The second-order valence-electron chi connectivity index (χ2n) is 5.65. The zero-order valence-corrected chi connectivity index (χ0v) is 10.0. The van der Waals surface area contributed by atoms with E-state index in [1.807, 2.05) is 5.01 Å². The molecule has 3 rings (SSSR count). The molecular formula is C10H22N6. The first-order chi connectivity index (χ1) is 7.65. The average molecular weight is 226 g/mol. The summed E-state index contributed by atoms with van der Waals surface area (Å²) in [4.78, 5) is 2.39. The Morgan fingerprint density at radius 1 is 0.938 bits per heavy atom. The van der Waals surface area contributed by atoms with Gasteiger partial charge in [0.1, 0.15) is 0 Å². The molecule has 3 heterocycles. The third-order valence-electron chi connectivity index (χ3n) is 3.86. The van der Waals surface area contributed by atoms with Gasteiger partial charge in [-0.3, -0.25) is 5.84 Å². The summed E-state index contributed by atoms with van der Waals surface area (Å²) >= 11 is 0. The van der Waals surface area contributed by atoms with Crippen LogP contribution in [0.5, 0.6) is 0 Å². The van der Waals surface area contributed by atoms with E-state index in [4.69, 9.17) is 5.84 Å². The molecule has 0 aromatic rings. The molecular weight excluding hydrogens is 204 g/mol. The van der Waals surface area contributed by atoms with Crippen molar-refractivity contribution < 1.29 is 0 Å². The van der Waals surface area contributed by atoms with Crippen molar-refractivity contribution >= 4 is 0 Å². The molecule has 1 spiro atoms. The van der Waals surface area contributed by atoms with Gasteiger partial charge < -0.3 is 4.90 Å². The van der Waals surface area contributed by atoms with E-state index in [2.05, 4.69) is 27.5 Å². The minimum atomic E-state index is 0.609. The van der Waals surface area contributed by atoms with Crippen LogP contribution in [-0.4, -0.2) is 79.3 Å². The van der Waals surface area contributed by atoms with E-state index in [0.29, 0.717) is 5.41 Å². The normalized spacial score (nSPS) is 32.6. The maximum atomic E-state index is 5.72. The molecule has 0 atom stereocenters. The number of hydrazine groups is 3. The first kappa shape index (κ1) is 10.9. The lowest BCUT2D eigenvalue weighted by molar-refractivity contribution is -0.163. The van der Waals surface area contributed by atoms with E-state index in [9.17, 15) is 0 Å². The van der Waals surface area contributed by atoms with Crippen LogP contribution in [0.15, 0.2) is 0 Å². The van der Waals surface area contributed by atoms with Gasteiger partial charge >= 0.3 is 0 Å². The Labute approximate surface area is 96.8 Å². The minimum absolute atomic E-state index is 0.609.